The van der Waals surface area contributed by atoms with Crippen LogP contribution >= 0.6 is 0 Å². The highest BCUT2D eigenvalue weighted by atomic mass is 16.6. The van der Waals surface area contributed by atoms with Crippen molar-refractivity contribution in [2.75, 3.05) is 6.54 Å². The summed E-state index contributed by atoms with van der Waals surface area (Å²) in [6.45, 7) is 14.8. The fraction of sp³-hybridized carbons (Fsp3) is 0.619. The highest BCUT2D eigenvalue weighted by Gasteiger charge is 2.28. The highest BCUT2D eigenvalue weighted by Crippen LogP contribution is 2.34. The molecule has 0 heterocycles. The minimum Gasteiger partial charge on any atom is -0.422 e. The van der Waals surface area contributed by atoms with Crippen molar-refractivity contribution < 1.29 is 24.2 Å². The lowest BCUT2D eigenvalue weighted by Gasteiger charge is -2.21. The molecule has 0 aromatic heterocycles. The first-order valence-electron chi connectivity index (χ1n) is 9.21. The van der Waals surface area contributed by atoms with Crippen molar-refractivity contribution in [2.45, 2.75) is 67.5 Å². The number of carbonyl (C=O) groups excluding carboxylic acids is 2. The molecule has 27 heavy (non-hydrogen) atoms. The van der Waals surface area contributed by atoms with Gasteiger partial charge in [0.1, 0.15) is 0 Å². The number of esters is 2. The van der Waals surface area contributed by atoms with Crippen LogP contribution < -0.4 is 14.8 Å². The van der Waals surface area contributed by atoms with Gasteiger partial charge in [0.05, 0.1) is 16.9 Å². The van der Waals surface area contributed by atoms with E-state index in [1.807, 2.05) is 13.8 Å². The van der Waals surface area contributed by atoms with Crippen LogP contribution in [0.25, 0.3) is 0 Å². The van der Waals surface area contributed by atoms with E-state index in [4.69, 9.17) is 9.47 Å². The summed E-state index contributed by atoms with van der Waals surface area (Å²) in [5, 5.41) is 13.5. The Bertz CT molecular complexity index is 668. The molecular formula is C21H33NO5. The van der Waals surface area contributed by atoms with Gasteiger partial charge in [-0.05, 0) is 59.2 Å². The van der Waals surface area contributed by atoms with Crippen LogP contribution in [0.5, 0.6) is 11.5 Å². The van der Waals surface area contributed by atoms with Gasteiger partial charge >= 0.3 is 11.9 Å². The van der Waals surface area contributed by atoms with Gasteiger partial charge in [-0.25, -0.2) is 0 Å². The first-order chi connectivity index (χ1) is 12.2. The van der Waals surface area contributed by atoms with Crippen molar-refractivity contribution in [3.8, 4) is 11.5 Å². The molecule has 0 aliphatic heterocycles. The van der Waals surface area contributed by atoms with Gasteiger partial charge in [0, 0.05) is 12.6 Å². The fourth-order valence-corrected chi connectivity index (χ4v) is 1.87. The molecule has 152 valence electrons. The van der Waals surface area contributed by atoms with Crippen molar-refractivity contribution in [3.05, 3.63) is 23.8 Å². The van der Waals surface area contributed by atoms with E-state index in [2.05, 4.69) is 5.32 Å². The van der Waals surface area contributed by atoms with E-state index >= 15 is 0 Å². The monoisotopic (exact) mass is 379 g/mol. The zero-order chi connectivity index (χ0) is 21.0. The second-order valence-corrected chi connectivity index (χ2v) is 9.06. The summed E-state index contributed by atoms with van der Waals surface area (Å²) in [5.74, 6) is -0.623. The van der Waals surface area contributed by atoms with Gasteiger partial charge in [-0.3, -0.25) is 9.59 Å². The number of nitrogens with one attached hydrogen (secondary N) is 1. The summed E-state index contributed by atoms with van der Waals surface area (Å²) < 4.78 is 10.9. The minimum atomic E-state index is -0.785. The molecule has 6 nitrogen and oxygen atoms in total. The van der Waals surface area contributed by atoms with Gasteiger partial charge in [-0.2, -0.15) is 0 Å². The van der Waals surface area contributed by atoms with E-state index in [1.54, 1.807) is 59.7 Å². The maximum Gasteiger partial charge on any atom is 0.316 e. The highest BCUT2D eigenvalue weighted by molar-refractivity contribution is 5.81. The van der Waals surface area contributed by atoms with E-state index in [0.717, 1.165) is 0 Å². The van der Waals surface area contributed by atoms with Gasteiger partial charge in [0.25, 0.3) is 0 Å². The van der Waals surface area contributed by atoms with Crippen LogP contribution in [-0.4, -0.2) is 29.6 Å². The SMILES string of the molecule is CC(C)NC[C@@H](O)c1ccc(OC(=O)C(C)(C)C)c(OC(=O)C(C)(C)C)c1. The normalized spacial score (nSPS) is 13.4. The summed E-state index contributed by atoms with van der Waals surface area (Å²) in [5.41, 5.74) is -0.862. The lowest BCUT2D eigenvalue weighted by Crippen LogP contribution is -2.29. The summed E-state index contributed by atoms with van der Waals surface area (Å²) in [6.07, 6.45) is -0.785. The van der Waals surface area contributed by atoms with Crippen LogP contribution in [0, 0.1) is 10.8 Å². The molecule has 0 amide bonds. The number of aliphatic hydroxyl groups is 1. The predicted molar refractivity (Wildman–Crippen MR) is 105 cm³/mol. The van der Waals surface area contributed by atoms with E-state index < -0.39 is 28.9 Å². The summed E-state index contributed by atoms with van der Waals surface area (Å²) in [4.78, 5) is 24.6. The lowest BCUT2D eigenvalue weighted by molar-refractivity contribution is -0.145. The number of aliphatic hydroxyl groups excluding tert-OH is 1. The maximum absolute atomic E-state index is 12.3. The molecule has 0 saturated heterocycles. The Labute approximate surface area is 162 Å². The Hall–Kier alpha value is -1.92. The molecule has 1 rings (SSSR count). The Kier molecular flexibility index (Phi) is 7.57. The molecule has 0 aliphatic rings. The molecule has 1 aromatic rings. The van der Waals surface area contributed by atoms with Gasteiger partial charge in [0.15, 0.2) is 11.5 Å². The molecule has 0 unspecified atom stereocenters. The number of rotatable bonds is 6. The summed E-state index contributed by atoms with van der Waals surface area (Å²) in [7, 11) is 0. The van der Waals surface area contributed by atoms with Crippen molar-refractivity contribution in [1.29, 1.82) is 0 Å². The van der Waals surface area contributed by atoms with Crippen molar-refractivity contribution >= 4 is 11.9 Å². The van der Waals surface area contributed by atoms with Gasteiger partial charge < -0.3 is 19.9 Å². The molecule has 0 bridgehead atoms. The Morgan fingerprint density at radius 3 is 1.89 bits per heavy atom. The van der Waals surface area contributed by atoms with E-state index in [1.165, 1.54) is 0 Å². The third-order valence-corrected chi connectivity index (χ3v) is 3.70. The fourth-order valence-electron chi connectivity index (χ4n) is 1.87. The molecule has 0 spiro atoms. The topological polar surface area (TPSA) is 84.9 Å². The largest absolute Gasteiger partial charge is 0.422 e. The zero-order valence-corrected chi connectivity index (χ0v) is 17.7. The Balaban J connectivity index is 3.18. The molecule has 2 N–H and O–H groups in total. The molecule has 0 fully saturated rings. The second kappa shape index (κ2) is 8.85. The quantitative estimate of drug-likeness (QED) is 0.580. The number of hydrogen-bond donors (Lipinski definition) is 2. The minimum absolute atomic E-state index is 0.119. The molecule has 0 aliphatic carbocycles. The standard InChI is InChI=1S/C21H33NO5/c1-13(2)22-12-15(23)14-9-10-16(26-18(24)20(3,4)5)17(11-14)27-19(25)21(6,7)8/h9-11,13,15,22-23H,12H2,1-8H3/t15-/m1/s1. The Morgan fingerprint density at radius 2 is 1.44 bits per heavy atom. The average molecular weight is 379 g/mol. The molecular weight excluding hydrogens is 346 g/mol. The third-order valence-electron chi connectivity index (χ3n) is 3.70. The van der Waals surface area contributed by atoms with Crippen LogP contribution in [-0.2, 0) is 9.59 Å². The summed E-state index contributed by atoms with van der Waals surface area (Å²) >= 11 is 0. The van der Waals surface area contributed by atoms with Crippen LogP contribution in [0.3, 0.4) is 0 Å². The van der Waals surface area contributed by atoms with E-state index in [-0.39, 0.29) is 17.5 Å². The smallest absolute Gasteiger partial charge is 0.316 e. The molecule has 6 heteroatoms. The average Bonchev–Trinajstić information content (AvgIpc) is 2.52. The molecule has 1 aromatic carbocycles. The van der Waals surface area contributed by atoms with Gasteiger partial charge in [-0.1, -0.05) is 19.9 Å². The molecule has 1 atom stereocenters. The first-order valence-corrected chi connectivity index (χ1v) is 9.21. The maximum atomic E-state index is 12.3. The number of ether oxygens (including phenoxy) is 2. The predicted octanol–water partition coefficient (Wildman–Crippen LogP) is 3.62. The third kappa shape index (κ3) is 7.31. The van der Waals surface area contributed by atoms with E-state index in [9.17, 15) is 14.7 Å². The zero-order valence-electron chi connectivity index (χ0n) is 17.7. The first kappa shape index (κ1) is 23.1. The number of hydrogen-bond acceptors (Lipinski definition) is 6. The molecule has 0 saturated carbocycles. The van der Waals surface area contributed by atoms with Gasteiger partial charge in [0.2, 0.25) is 0 Å². The number of benzene rings is 1. The second-order valence-electron chi connectivity index (χ2n) is 9.06. The van der Waals surface area contributed by atoms with Crippen molar-refractivity contribution in [3.63, 3.8) is 0 Å². The van der Waals surface area contributed by atoms with Crippen molar-refractivity contribution in [2.24, 2.45) is 10.8 Å². The van der Waals surface area contributed by atoms with E-state index in [0.29, 0.717) is 12.1 Å². The van der Waals surface area contributed by atoms with Crippen molar-refractivity contribution in [1.82, 2.24) is 5.32 Å². The summed E-state index contributed by atoms with van der Waals surface area (Å²) in [6, 6.07) is 4.97. The van der Waals surface area contributed by atoms with Crippen LogP contribution in [0.1, 0.15) is 67.1 Å². The number of carbonyl (C=O) groups is 2. The molecule has 0 radical (unpaired) electrons. The van der Waals surface area contributed by atoms with Crippen LogP contribution in [0.15, 0.2) is 18.2 Å². The lowest BCUT2D eigenvalue weighted by atomic mass is 9.97. The van der Waals surface area contributed by atoms with Gasteiger partial charge in [-0.15, -0.1) is 0 Å². The van der Waals surface area contributed by atoms with Crippen LogP contribution in [0.4, 0.5) is 0 Å². The Morgan fingerprint density at radius 1 is 0.963 bits per heavy atom. The van der Waals surface area contributed by atoms with Crippen LogP contribution in [0.2, 0.25) is 0 Å².